The molecule has 2 aromatic rings. The van der Waals surface area contributed by atoms with Crippen LogP contribution in [0.1, 0.15) is 51.9 Å². The minimum atomic E-state index is -5.40. The minimum Gasteiger partial charge on any atom is -0.374 e. The average Bonchev–Trinajstić information content (AvgIpc) is 3.25. The molecule has 1 aliphatic carbocycles. The van der Waals surface area contributed by atoms with E-state index in [0.717, 1.165) is 0 Å². The van der Waals surface area contributed by atoms with Gasteiger partial charge in [0.15, 0.2) is 5.67 Å². The van der Waals surface area contributed by atoms with E-state index < -0.39 is 64.0 Å². The molecule has 14 heteroatoms. The number of carbonyl (C=O) groups excluding carboxylic acids is 1. The zero-order chi connectivity index (χ0) is 28.3. The summed E-state index contributed by atoms with van der Waals surface area (Å²) in [6, 6.07) is 4.91. The van der Waals surface area contributed by atoms with E-state index in [0.29, 0.717) is 0 Å². The third-order valence-corrected chi connectivity index (χ3v) is 6.73. The number of nitrogens with zero attached hydrogens (tertiary/aromatic N) is 2. The van der Waals surface area contributed by atoms with Gasteiger partial charge in [-0.3, -0.25) is 4.79 Å². The number of nitriles is 1. The van der Waals surface area contributed by atoms with Gasteiger partial charge in [-0.25, -0.2) is 8.78 Å². The summed E-state index contributed by atoms with van der Waals surface area (Å²) >= 11 is 5.50. The van der Waals surface area contributed by atoms with E-state index >= 15 is 0 Å². The van der Waals surface area contributed by atoms with Crippen LogP contribution in [0.5, 0.6) is 0 Å². The van der Waals surface area contributed by atoms with Crippen molar-refractivity contribution >= 4 is 23.2 Å². The zero-order valence-electron chi connectivity index (χ0n) is 19.2. The van der Waals surface area contributed by atoms with Gasteiger partial charge in [0.2, 0.25) is 0 Å². The van der Waals surface area contributed by atoms with Crippen LogP contribution in [0.2, 0.25) is 5.02 Å². The van der Waals surface area contributed by atoms with Crippen molar-refractivity contribution in [1.29, 1.82) is 5.26 Å². The van der Waals surface area contributed by atoms with Crippen LogP contribution in [0.4, 0.5) is 35.1 Å². The van der Waals surface area contributed by atoms with Crippen LogP contribution in [0.3, 0.4) is 0 Å². The minimum absolute atomic E-state index is 0.00921. The second-order valence-corrected chi connectivity index (χ2v) is 9.54. The molecular weight excluding hydrogens is 550 g/mol. The third-order valence-electron chi connectivity index (χ3n) is 6.46. The highest BCUT2D eigenvalue weighted by molar-refractivity contribution is 6.30. The number of alkyl halides is 7. The van der Waals surface area contributed by atoms with Gasteiger partial charge in [0.25, 0.3) is 11.5 Å². The Morgan fingerprint density at radius 3 is 2.39 bits per heavy atom. The standard InChI is InChI=1S/C24H16ClF8N3O2/c1-11-4-12(2-3-15(11)20(37)35-14-7-21(27,8-14)10-34)18-9-22(38-36-18,24(31,32)33)16-5-13(23(28,29)30)6-17(25)19(16)26/h2-6,14H,7-9H2,1H3,(H,35,37)/t14?,21?,22-/m1/s1. The Kier molecular flexibility index (Phi) is 6.63. The zero-order valence-corrected chi connectivity index (χ0v) is 20.0. The predicted molar refractivity (Wildman–Crippen MR) is 118 cm³/mol. The lowest BCUT2D eigenvalue weighted by Gasteiger charge is -2.36. The lowest BCUT2D eigenvalue weighted by Crippen LogP contribution is -2.52. The number of hydrogen-bond donors (Lipinski definition) is 1. The fourth-order valence-electron chi connectivity index (χ4n) is 4.36. The molecule has 38 heavy (non-hydrogen) atoms. The molecule has 1 heterocycles. The first-order chi connectivity index (χ1) is 17.5. The Hall–Kier alpha value is -3.40. The van der Waals surface area contributed by atoms with Crippen LogP contribution in [0, 0.1) is 24.1 Å². The Bertz CT molecular complexity index is 1380. The average molecular weight is 566 g/mol. The Labute approximate surface area is 215 Å². The number of benzene rings is 2. The lowest BCUT2D eigenvalue weighted by atomic mass is 9.78. The van der Waals surface area contributed by atoms with Gasteiger partial charge in [-0.1, -0.05) is 22.8 Å². The van der Waals surface area contributed by atoms with Crippen LogP contribution in [0.15, 0.2) is 35.5 Å². The second kappa shape index (κ2) is 9.11. The highest BCUT2D eigenvalue weighted by atomic mass is 35.5. The summed E-state index contributed by atoms with van der Waals surface area (Å²) < 4.78 is 111. The fourth-order valence-corrected chi connectivity index (χ4v) is 4.58. The summed E-state index contributed by atoms with van der Waals surface area (Å²) in [6.45, 7) is 1.47. The van der Waals surface area contributed by atoms with Gasteiger partial charge in [-0.2, -0.15) is 31.6 Å². The van der Waals surface area contributed by atoms with Gasteiger partial charge < -0.3 is 10.2 Å². The van der Waals surface area contributed by atoms with Crippen molar-refractivity contribution in [3.8, 4) is 6.07 Å². The van der Waals surface area contributed by atoms with E-state index in [1.165, 1.54) is 31.2 Å². The molecule has 1 aliphatic heterocycles. The van der Waals surface area contributed by atoms with Gasteiger partial charge in [0, 0.05) is 30.0 Å². The molecule has 1 atom stereocenters. The van der Waals surface area contributed by atoms with Gasteiger partial charge >= 0.3 is 12.4 Å². The van der Waals surface area contributed by atoms with E-state index in [2.05, 4.69) is 15.3 Å². The topological polar surface area (TPSA) is 74.5 Å². The van der Waals surface area contributed by atoms with Gasteiger partial charge in [-0.05, 0) is 42.3 Å². The highest BCUT2D eigenvalue weighted by Crippen LogP contribution is 2.51. The van der Waals surface area contributed by atoms with E-state index in [1.54, 1.807) is 0 Å². The first-order valence-electron chi connectivity index (χ1n) is 10.9. The summed E-state index contributed by atoms with van der Waals surface area (Å²) in [6.07, 6.45) is -12.1. The van der Waals surface area contributed by atoms with Gasteiger partial charge in [0.1, 0.15) is 11.9 Å². The quantitative estimate of drug-likeness (QED) is 0.429. The maximum atomic E-state index is 14.7. The number of hydrogen-bond acceptors (Lipinski definition) is 4. The second-order valence-electron chi connectivity index (χ2n) is 9.13. The van der Waals surface area contributed by atoms with Crippen molar-refractivity contribution in [2.24, 2.45) is 5.16 Å². The number of carbonyl (C=O) groups is 1. The van der Waals surface area contributed by atoms with Crippen molar-refractivity contribution in [3.63, 3.8) is 0 Å². The third kappa shape index (κ3) is 4.77. The molecule has 0 unspecified atom stereocenters. The number of rotatable bonds is 4. The summed E-state index contributed by atoms with van der Waals surface area (Å²) in [5, 5.41) is 13.5. The van der Waals surface area contributed by atoms with E-state index in [4.69, 9.17) is 16.9 Å². The number of aryl methyl sites for hydroxylation is 1. The molecule has 4 rings (SSSR count). The molecular formula is C24H16ClF8N3O2. The van der Waals surface area contributed by atoms with Crippen LogP contribution in [0.25, 0.3) is 0 Å². The molecule has 0 bridgehead atoms. The Balaban J connectivity index is 1.62. The fraction of sp³-hybridized carbons (Fsp3) is 0.375. The monoisotopic (exact) mass is 565 g/mol. The van der Waals surface area contributed by atoms with Crippen LogP contribution < -0.4 is 5.32 Å². The molecule has 1 saturated carbocycles. The molecule has 0 saturated heterocycles. The van der Waals surface area contributed by atoms with Gasteiger partial charge in [-0.15, -0.1) is 0 Å². The molecule has 1 fully saturated rings. The molecule has 2 aromatic carbocycles. The number of oxime groups is 1. The van der Waals surface area contributed by atoms with Crippen molar-refractivity contribution in [1.82, 2.24) is 5.32 Å². The first kappa shape index (κ1) is 27.6. The van der Waals surface area contributed by atoms with Crippen LogP contribution in [-0.2, 0) is 16.6 Å². The molecule has 0 radical (unpaired) electrons. The molecule has 2 aliphatic rings. The summed E-state index contributed by atoms with van der Waals surface area (Å²) in [7, 11) is 0. The smallest absolute Gasteiger partial charge is 0.374 e. The van der Waals surface area contributed by atoms with Crippen molar-refractivity contribution in [2.75, 3.05) is 0 Å². The number of nitrogens with one attached hydrogen (secondary N) is 1. The summed E-state index contributed by atoms with van der Waals surface area (Å²) in [5.41, 5.74) is -8.60. The predicted octanol–water partition coefficient (Wildman–Crippen LogP) is 6.51. The molecule has 1 amide bonds. The molecule has 5 nitrogen and oxygen atoms in total. The SMILES string of the molecule is Cc1cc(C2=NO[C@](c3cc(C(F)(F)F)cc(Cl)c3F)(C(F)(F)F)C2)ccc1C(=O)NC1CC(F)(C#N)C1. The van der Waals surface area contributed by atoms with Crippen molar-refractivity contribution in [2.45, 2.75) is 55.9 Å². The Morgan fingerprint density at radius 1 is 1.18 bits per heavy atom. The Morgan fingerprint density at radius 2 is 1.84 bits per heavy atom. The van der Waals surface area contributed by atoms with Crippen LogP contribution >= 0.6 is 11.6 Å². The van der Waals surface area contributed by atoms with Gasteiger partial charge in [0.05, 0.1) is 22.7 Å². The van der Waals surface area contributed by atoms with Crippen LogP contribution in [-0.4, -0.2) is 29.5 Å². The van der Waals surface area contributed by atoms with Crippen molar-refractivity contribution in [3.05, 3.63) is 69.0 Å². The number of amides is 1. The largest absolute Gasteiger partial charge is 0.435 e. The lowest BCUT2D eigenvalue weighted by molar-refractivity contribution is -0.276. The van der Waals surface area contributed by atoms with E-state index in [-0.39, 0.29) is 47.4 Å². The molecule has 0 spiro atoms. The molecule has 0 aromatic heterocycles. The highest BCUT2D eigenvalue weighted by Gasteiger charge is 2.64. The summed E-state index contributed by atoms with van der Waals surface area (Å²) in [5.74, 6) is -2.34. The first-order valence-corrected chi connectivity index (χ1v) is 11.3. The number of halogens is 9. The normalized spacial score (nSPS) is 25.2. The maximum Gasteiger partial charge on any atom is 0.435 e. The molecule has 202 valence electrons. The van der Waals surface area contributed by atoms with E-state index in [9.17, 15) is 39.9 Å². The van der Waals surface area contributed by atoms with E-state index in [1.807, 2.05) is 0 Å². The molecule has 1 N–H and O–H groups in total. The maximum absolute atomic E-state index is 14.7. The van der Waals surface area contributed by atoms with Crippen molar-refractivity contribution < 1.29 is 44.8 Å². The summed E-state index contributed by atoms with van der Waals surface area (Å²) in [4.78, 5) is 17.2.